The largest absolute Gasteiger partial charge is 0.449 e. The molecule has 138 valence electrons. The number of nitrogens with one attached hydrogen (secondary N) is 1. The van der Waals surface area contributed by atoms with E-state index in [0.717, 1.165) is 24.3 Å². The minimum absolute atomic E-state index is 0.138. The predicted octanol–water partition coefficient (Wildman–Crippen LogP) is 3.78. The molecule has 8 heteroatoms. The lowest BCUT2D eigenvalue weighted by Crippen LogP contribution is -2.30. The summed E-state index contributed by atoms with van der Waals surface area (Å²) in [6.07, 6.45) is -5.62. The highest BCUT2D eigenvalue weighted by Gasteiger charge is 2.30. The van der Waals surface area contributed by atoms with E-state index in [1.807, 2.05) is 0 Å². The monoisotopic (exact) mass is 366 g/mol. The van der Waals surface area contributed by atoms with Gasteiger partial charge in [0.05, 0.1) is 11.1 Å². The molecule has 2 aromatic carbocycles. The number of alkyl halides is 3. The second-order valence-electron chi connectivity index (χ2n) is 5.65. The van der Waals surface area contributed by atoms with Gasteiger partial charge in [-0.15, -0.1) is 0 Å². The molecule has 0 aliphatic rings. The van der Waals surface area contributed by atoms with Gasteiger partial charge >= 0.3 is 12.1 Å². The van der Waals surface area contributed by atoms with Gasteiger partial charge in [-0.1, -0.05) is 12.1 Å². The van der Waals surface area contributed by atoms with Crippen LogP contribution in [0.3, 0.4) is 0 Å². The van der Waals surface area contributed by atoms with Crippen molar-refractivity contribution in [2.75, 3.05) is 11.1 Å². The Morgan fingerprint density at radius 1 is 1.12 bits per heavy atom. The topological polar surface area (TPSA) is 81.4 Å². The van der Waals surface area contributed by atoms with Gasteiger partial charge in [0, 0.05) is 11.4 Å². The quantitative estimate of drug-likeness (QED) is 0.637. The van der Waals surface area contributed by atoms with E-state index in [-0.39, 0.29) is 16.9 Å². The predicted molar refractivity (Wildman–Crippen MR) is 90.5 cm³/mol. The Hall–Kier alpha value is -3.03. The first kappa shape index (κ1) is 19.3. The molecule has 5 nitrogen and oxygen atoms in total. The lowest BCUT2D eigenvalue weighted by atomic mass is 10.1. The molecule has 1 atom stereocenters. The summed E-state index contributed by atoms with van der Waals surface area (Å²) >= 11 is 0. The Labute approximate surface area is 148 Å². The molecule has 0 aliphatic heterocycles. The fourth-order valence-corrected chi connectivity index (χ4v) is 2.12. The van der Waals surface area contributed by atoms with Gasteiger partial charge in [0.15, 0.2) is 6.10 Å². The Morgan fingerprint density at radius 2 is 1.73 bits per heavy atom. The first-order valence-electron chi connectivity index (χ1n) is 7.64. The molecule has 0 saturated heterocycles. The summed E-state index contributed by atoms with van der Waals surface area (Å²) in [7, 11) is 0. The number of ether oxygens (including phenoxy) is 1. The summed E-state index contributed by atoms with van der Waals surface area (Å²) < 4.78 is 42.6. The van der Waals surface area contributed by atoms with Crippen molar-refractivity contribution in [3.05, 3.63) is 59.2 Å². The summed E-state index contributed by atoms with van der Waals surface area (Å²) in [5.74, 6) is -1.44. The maximum atomic E-state index is 12.5. The average molecular weight is 366 g/mol. The van der Waals surface area contributed by atoms with Crippen molar-refractivity contribution in [1.82, 2.24) is 0 Å². The number of hydrogen-bond acceptors (Lipinski definition) is 4. The standard InChI is InChI=1S/C18H17F3N2O3/c1-10-4-3-5-14(15(10)22)17(25)26-11(2)16(24)23-13-8-6-12(7-9-13)18(19,20)21/h3-9,11H,22H2,1-2H3,(H,23,24)/t11-/m1/s1. The van der Waals surface area contributed by atoms with E-state index in [1.165, 1.54) is 13.0 Å². The van der Waals surface area contributed by atoms with Crippen LogP contribution in [0.5, 0.6) is 0 Å². The van der Waals surface area contributed by atoms with Crippen molar-refractivity contribution in [1.29, 1.82) is 0 Å². The Morgan fingerprint density at radius 3 is 2.31 bits per heavy atom. The molecule has 0 fully saturated rings. The summed E-state index contributed by atoms with van der Waals surface area (Å²) in [4.78, 5) is 24.2. The lowest BCUT2D eigenvalue weighted by molar-refractivity contribution is -0.137. The molecule has 0 aromatic heterocycles. The SMILES string of the molecule is Cc1cccc(C(=O)O[C@H](C)C(=O)Nc2ccc(C(F)(F)F)cc2)c1N. The fourth-order valence-electron chi connectivity index (χ4n) is 2.12. The number of carbonyl (C=O) groups excluding carboxylic acids is 2. The third-order valence-corrected chi connectivity index (χ3v) is 3.68. The second kappa shape index (κ2) is 7.47. The van der Waals surface area contributed by atoms with Gasteiger partial charge in [0.1, 0.15) is 0 Å². The zero-order chi connectivity index (χ0) is 19.5. The second-order valence-corrected chi connectivity index (χ2v) is 5.65. The minimum atomic E-state index is -4.46. The zero-order valence-corrected chi connectivity index (χ0v) is 14.1. The number of halogens is 3. The molecule has 2 aromatic rings. The summed E-state index contributed by atoms with van der Waals surface area (Å²) in [5.41, 5.74) is 6.23. The number of nitrogens with two attached hydrogens (primary N) is 1. The number of para-hydroxylation sites is 1. The zero-order valence-electron chi connectivity index (χ0n) is 14.1. The summed E-state index contributed by atoms with van der Waals surface area (Å²) in [6, 6.07) is 8.77. The van der Waals surface area contributed by atoms with E-state index in [0.29, 0.717) is 5.56 Å². The van der Waals surface area contributed by atoms with Crippen LogP contribution >= 0.6 is 0 Å². The lowest BCUT2D eigenvalue weighted by Gasteiger charge is -2.15. The van der Waals surface area contributed by atoms with Crippen molar-refractivity contribution in [3.8, 4) is 0 Å². The van der Waals surface area contributed by atoms with E-state index >= 15 is 0 Å². The fraction of sp³-hybridized carbons (Fsp3) is 0.222. The number of benzene rings is 2. The number of anilines is 2. The van der Waals surface area contributed by atoms with Crippen LogP contribution in [0.4, 0.5) is 24.5 Å². The van der Waals surface area contributed by atoms with Crippen LogP contribution in [0.15, 0.2) is 42.5 Å². The van der Waals surface area contributed by atoms with Gasteiger partial charge in [-0.05, 0) is 49.7 Å². The molecule has 0 aliphatic carbocycles. The third kappa shape index (κ3) is 4.53. The van der Waals surface area contributed by atoms with E-state index in [2.05, 4.69) is 5.32 Å². The van der Waals surface area contributed by atoms with Gasteiger partial charge in [-0.25, -0.2) is 4.79 Å². The molecule has 0 radical (unpaired) electrons. The first-order chi connectivity index (χ1) is 12.1. The number of nitrogen functional groups attached to an aromatic ring is 1. The van der Waals surface area contributed by atoms with Gasteiger partial charge in [-0.2, -0.15) is 13.2 Å². The van der Waals surface area contributed by atoms with E-state index in [1.54, 1.807) is 19.1 Å². The third-order valence-electron chi connectivity index (χ3n) is 3.68. The van der Waals surface area contributed by atoms with Gasteiger partial charge in [0.2, 0.25) is 0 Å². The van der Waals surface area contributed by atoms with Crippen molar-refractivity contribution in [3.63, 3.8) is 0 Å². The van der Waals surface area contributed by atoms with Gasteiger partial charge in [-0.3, -0.25) is 4.79 Å². The molecule has 1 amide bonds. The molecule has 2 rings (SSSR count). The molecule has 0 saturated carbocycles. The van der Waals surface area contributed by atoms with Crippen LogP contribution in [-0.4, -0.2) is 18.0 Å². The Bertz CT molecular complexity index is 817. The molecule has 0 unspecified atom stereocenters. The normalized spacial score (nSPS) is 12.3. The van der Waals surface area contributed by atoms with Crippen LogP contribution in [0.2, 0.25) is 0 Å². The first-order valence-corrected chi connectivity index (χ1v) is 7.64. The number of hydrogen-bond donors (Lipinski definition) is 2. The maximum absolute atomic E-state index is 12.5. The van der Waals surface area contributed by atoms with Crippen molar-refractivity contribution < 1.29 is 27.5 Å². The number of aryl methyl sites for hydroxylation is 1. The van der Waals surface area contributed by atoms with Crippen LogP contribution in [0.25, 0.3) is 0 Å². The number of rotatable bonds is 4. The van der Waals surface area contributed by atoms with Gasteiger partial charge in [0.25, 0.3) is 5.91 Å². The highest BCUT2D eigenvalue weighted by molar-refractivity contribution is 5.99. The Kier molecular flexibility index (Phi) is 5.54. The van der Waals surface area contributed by atoms with Gasteiger partial charge < -0.3 is 15.8 Å². The number of carbonyl (C=O) groups is 2. The molecule has 3 N–H and O–H groups in total. The minimum Gasteiger partial charge on any atom is -0.449 e. The molecular formula is C18H17F3N2O3. The maximum Gasteiger partial charge on any atom is 0.416 e. The molecule has 0 bridgehead atoms. The summed E-state index contributed by atoms with van der Waals surface area (Å²) in [5, 5.41) is 2.39. The highest BCUT2D eigenvalue weighted by Crippen LogP contribution is 2.29. The van der Waals surface area contributed by atoms with Crippen LogP contribution in [-0.2, 0) is 15.7 Å². The van der Waals surface area contributed by atoms with Crippen molar-refractivity contribution in [2.24, 2.45) is 0 Å². The van der Waals surface area contributed by atoms with Crippen LogP contribution in [0, 0.1) is 6.92 Å². The highest BCUT2D eigenvalue weighted by atomic mass is 19.4. The van der Waals surface area contributed by atoms with E-state index < -0.39 is 29.7 Å². The molecule has 0 spiro atoms. The van der Waals surface area contributed by atoms with Crippen molar-refractivity contribution >= 4 is 23.3 Å². The molecule has 0 heterocycles. The molecular weight excluding hydrogens is 349 g/mol. The smallest absolute Gasteiger partial charge is 0.416 e. The number of amides is 1. The van der Waals surface area contributed by atoms with E-state index in [4.69, 9.17) is 10.5 Å². The Balaban J connectivity index is 2.01. The van der Waals surface area contributed by atoms with Crippen LogP contribution in [0.1, 0.15) is 28.4 Å². The van der Waals surface area contributed by atoms with Crippen LogP contribution < -0.4 is 11.1 Å². The number of esters is 1. The molecule has 26 heavy (non-hydrogen) atoms. The summed E-state index contributed by atoms with van der Waals surface area (Å²) in [6.45, 7) is 3.08. The van der Waals surface area contributed by atoms with Crippen molar-refractivity contribution in [2.45, 2.75) is 26.1 Å². The average Bonchev–Trinajstić information content (AvgIpc) is 2.56. The van der Waals surface area contributed by atoms with E-state index in [9.17, 15) is 22.8 Å².